The maximum absolute atomic E-state index is 11.4. The van der Waals surface area contributed by atoms with E-state index in [0.29, 0.717) is 18.6 Å². The van der Waals surface area contributed by atoms with E-state index in [1.165, 1.54) is 51.4 Å². The second-order valence-corrected chi connectivity index (χ2v) is 19.6. The Bertz CT molecular complexity index is 1090. The normalized spacial score (nSPS) is 34.6. The van der Waals surface area contributed by atoms with Gasteiger partial charge in [0.15, 0.2) is 0 Å². The van der Waals surface area contributed by atoms with Crippen molar-refractivity contribution in [2.45, 2.75) is 116 Å². The monoisotopic (exact) mass is 678 g/mol. The molecule has 0 spiro atoms. The van der Waals surface area contributed by atoms with Crippen LogP contribution in [0.15, 0.2) is 11.6 Å². The van der Waals surface area contributed by atoms with Crippen molar-refractivity contribution in [3.8, 4) is 0 Å². The van der Waals surface area contributed by atoms with Gasteiger partial charge >= 0.3 is 15.2 Å². The Labute approximate surface area is 270 Å². The summed E-state index contributed by atoms with van der Waals surface area (Å²) in [5.41, 5.74) is 2.34. The van der Waals surface area contributed by atoms with Gasteiger partial charge in [-0.2, -0.15) is 0 Å². The highest BCUT2D eigenvalue weighted by atomic mass is 31.2. The molecule has 12 heteroatoms. The molecule has 0 aromatic carbocycles. The number of hydrogen-bond acceptors (Lipinski definition) is 6. The van der Waals surface area contributed by atoms with Crippen molar-refractivity contribution in [1.29, 1.82) is 0 Å². The summed E-state index contributed by atoms with van der Waals surface area (Å²) in [4.78, 5) is 36.6. The third-order valence-corrected chi connectivity index (χ3v) is 16.1. The molecular weight excluding hydrogens is 618 g/mol. The maximum Gasteiger partial charge on any atom is 0.371 e. The standard InChI is InChI=1S/C33H60O10P2/c1-23(2)7-6-8-24(3)28-11-12-29-27-10-9-25-21-26(13-15-31(25,4)30(27)14-16-32(28,29)5)43-20-19-41-17-18-42-22-33(34,44(35,36)37)45(38,39)40/h9,23-24,26-30,34H,6-8,10-22H2,1-5H3,(H2,35,36,37)(H2,38,39,40)/t24-,26+,27+,28-,29+,30+,31+,32-/m1/s1. The van der Waals surface area contributed by atoms with Gasteiger partial charge < -0.3 is 38.9 Å². The summed E-state index contributed by atoms with van der Waals surface area (Å²) < 4.78 is 39.4. The van der Waals surface area contributed by atoms with Crippen molar-refractivity contribution in [2.75, 3.05) is 33.0 Å². The minimum absolute atomic E-state index is 0.0242. The molecule has 0 radical (unpaired) electrons. The van der Waals surface area contributed by atoms with E-state index < -0.39 is 26.9 Å². The van der Waals surface area contributed by atoms with Crippen LogP contribution in [0.25, 0.3) is 0 Å². The highest BCUT2D eigenvalue weighted by Gasteiger charge is 2.60. The lowest BCUT2D eigenvalue weighted by Gasteiger charge is -2.58. The van der Waals surface area contributed by atoms with Gasteiger partial charge in [-0.05, 0) is 97.7 Å². The van der Waals surface area contributed by atoms with Crippen molar-refractivity contribution in [2.24, 2.45) is 46.3 Å². The van der Waals surface area contributed by atoms with Crippen LogP contribution in [0.2, 0.25) is 0 Å². The Morgan fingerprint density at radius 1 is 0.889 bits per heavy atom. The minimum atomic E-state index is -5.53. The minimum Gasteiger partial charge on any atom is -0.377 e. The van der Waals surface area contributed by atoms with Crippen LogP contribution in [-0.4, -0.2) is 68.9 Å². The average Bonchev–Trinajstić information content (AvgIpc) is 3.30. The predicted molar refractivity (Wildman–Crippen MR) is 173 cm³/mol. The zero-order valence-corrected chi connectivity index (χ0v) is 29.9. The largest absolute Gasteiger partial charge is 0.377 e. The zero-order chi connectivity index (χ0) is 33.3. The van der Waals surface area contributed by atoms with Crippen molar-refractivity contribution in [3.63, 3.8) is 0 Å². The molecule has 0 heterocycles. The Balaban J connectivity index is 1.21. The molecule has 10 nitrogen and oxygen atoms in total. The molecule has 0 bridgehead atoms. The molecule has 0 saturated heterocycles. The van der Waals surface area contributed by atoms with Gasteiger partial charge in [0.1, 0.15) is 0 Å². The van der Waals surface area contributed by atoms with Crippen LogP contribution in [0.5, 0.6) is 0 Å². The Morgan fingerprint density at radius 2 is 1.56 bits per heavy atom. The number of fused-ring (bicyclic) bond motifs is 5. The quantitative estimate of drug-likeness (QED) is 0.0697. The van der Waals surface area contributed by atoms with E-state index in [9.17, 15) is 14.2 Å². The third-order valence-electron chi connectivity index (χ3n) is 12.4. The van der Waals surface area contributed by atoms with Gasteiger partial charge in [-0.15, -0.1) is 0 Å². The Morgan fingerprint density at radius 3 is 2.22 bits per heavy atom. The van der Waals surface area contributed by atoms with E-state index in [0.717, 1.165) is 54.8 Å². The van der Waals surface area contributed by atoms with Gasteiger partial charge in [0, 0.05) is 0 Å². The summed E-state index contributed by atoms with van der Waals surface area (Å²) in [5, 5.41) is 6.26. The number of aliphatic hydroxyl groups is 1. The number of ether oxygens (including phenoxy) is 3. The third kappa shape index (κ3) is 8.03. The van der Waals surface area contributed by atoms with E-state index in [2.05, 4.69) is 40.7 Å². The van der Waals surface area contributed by atoms with Gasteiger partial charge in [0.05, 0.1) is 39.1 Å². The lowest BCUT2D eigenvalue weighted by atomic mass is 9.47. The molecule has 5 N–H and O–H groups in total. The fourth-order valence-corrected chi connectivity index (χ4v) is 11.7. The van der Waals surface area contributed by atoms with Gasteiger partial charge in [0.25, 0.3) is 5.08 Å². The first-order chi connectivity index (χ1) is 20.9. The molecule has 8 atom stereocenters. The summed E-state index contributed by atoms with van der Waals surface area (Å²) in [6, 6.07) is 0. The molecule has 4 aliphatic carbocycles. The first-order valence-corrected chi connectivity index (χ1v) is 20.5. The van der Waals surface area contributed by atoms with Gasteiger partial charge in [0.2, 0.25) is 0 Å². The number of allylic oxidation sites excluding steroid dienone is 1. The fourth-order valence-electron chi connectivity index (χ4n) is 9.83. The molecule has 0 aromatic rings. The molecule has 0 unspecified atom stereocenters. The van der Waals surface area contributed by atoms with E-state index in [4.69, 9.17) is 33.8 Å². The lowest BCUT2D eigenvalue weighted by Crippen LogP contribution is -2.51. The topological polar surface area (TPSA) is 163 Å². The summed E-state index contributed by atoms with van der Waals surface area (Å²) in [6.45, 7) is 11.7. The SMILES string of the molecule is CC(C)CCC[C@@H](C)[C@H]1CC[C@H]2[C@@H]3CC=C4C[C@@H](OCCOCCOCC(O)(P(=O)(O)O)P(=O)(O)O)CC[C@]4(C)[C@H]3CC[C@]12C. The van der Waals surface area contributed by atoms with Crippen LogP contribution in [-0.2, 0) is 23.3 Å². The van der Waals surface area contributed by atoms with Crippen molar-refractivity contribution in [3.05, 3.63) is 11.6 Å². The summed E-state index contributed by atoms with van der Waals surface area (Å²) >= 11 is 0. The Kier molecular flexibility index (Phi) is 12.4. The van der Waals surface area contributed by atoms with Crippen molar-refractivity contribution < 1.29 is 48.0 Å². The van der Waals surface area contributed by atoms with E-state index in [1.54, 1.807) is 5.57 Å². The number of rotatable bonds is 16. The first-order valence-electron chi connectivity index (χ1n) is 17.2. The number of hydrogen-bond donors (Lipinski definition) is 5. The molecule has 45 heavy (non-hydrogen) atoms. The van der Waals surface area contributed by atoms with Crippen LogP contribution in [0.1, 0.15) is 105 Å². The lowest BCUT2D eigenvalue weighted by molar-refractivity contribution is -0.0694. The summed E-state index contributed by atoms with van der Waals surface area (Å²) in [7, 11) is -11.1. The maximum atomic E-state index is 11.4. The van der Waals surface area contributed by atoms with Crippen LogP contribution >= 0.6 is 15.2 Å². The van der Waals surface area contributed by atoms with Gasteiger partial charge in [-0.1, -0.05) is 65.5 Å². The fraction of sp³-hybridized carbons (Fsp3) is 0.939. The Hall–Kier alpha value is -0.120. The molecule has 0 aliphatic heterocycles. The highest BCUT2D eigenvalue weighted by molar-refractivity contribution is 7.72. The zero-order valence-electron chi connectivity index (χ0n) is 28.1. The molecular formula is C33H60O10P2. The van der Waals surface area contributed by atoms with Crippen molar-refractivity contribution >= 4 is 15.2 Å². The molecule has 0 amide bonds. The van der Waals surface area contributed by atoms with Crippen LogP contribution in [0, 0.1) is 46.3 Å². The average molecular weight is 679 g/mol. The second kappa shape index (κ2) is 14.8. The van der Waals surface area contributed by atoms with Crippen LogP contribution in [0.3, 0.4) is 0 Å². The molecule has 3 fully saturated rings. The molecule has 4 aliphatic rings. The van der Waals surface area contributed by atoms with Crippen LogP contribution in [0.4, 0.5) is 0 Å². The summed E-state index contributed by atoms with van der Waals surface area (Å²) in [5.74, 6) is 4.91. The van der Waals surface area contributed by atoms with Gasteiger partial charge in [-0.3, -0.25) is 9.13 Å². The molecule has 3 saturated carbocycles. The van der Waals surface area contributed by atoms with Crippen LogP contribution < -0.4 is 0 Å². The summed E-state index contributed by atoms with van der Waals surface area (Å²) in [6.07, 6.45) is 16.7. The van der Waals surface area contributed by atoms with E-state index >= 15 is 0 Å². The predicted octanol–water partition coefficient (Wildman–Crippen LogP) is 6.45. The smallest absolute Gasteiger partial charge is 0.371 e. The first kappa shape index (κ1) is 37.7. The molecule has 4 rings (SSSR count). The van der Waals surface area contributed by atoms with E-state index in [1.807, 2.05) is 0 Å². The van der Waals surface area contributed by atoms with E-state index in [-0.39, 0.29) is 24.7 Å². The van der Waals surface area contributed by atoms with Crippen molar-refractivity contribution in [1.82, 2.24) is 0 Å². The van der Waals surface area contributed by atoms with Gasteiger partial charge in [-0.25, -0.2) is 0 Å². The molecule has 0 aromatic heterocycles. The molecule has 262 valence electrons. The second-order valence-electron chi connectivity index (χ2n) is 15.6. The highest BCUT2D eigenvalue weighted by Crippen LogP contribution is 2.68.